The number of Topliss-reactive ketones (excluding diaryl/α,β-unsaturated/α-hetero) is 1. The molecule has 0 radical (unpaired) electrons. The zero-order valence-electron chi connectivity index (χ0n) is 25.0. The molecule has 0 bridgehead atoms. The lowest BCUT2D eigenvalue weighted by Gasteiger charge is -2.40. The maximum atomic E-state index is 14.2. The second-order valence-corrected chi connectivity index (χ2v) is 12.2. The van der Waals surface area contributed by atoms with Crippen molar-refractivity contribution in [2.45, 2.75) is 116 Å². The van der Waals surface area contributed by atoms with Gasteiger partial charge in [0.25, 0.3) is 0 Å². The maximum Gasteiger partial charge on any atom is 0.315 e. The van der Waals surface area contributed by atoms with Crippen LogP contribution in [0, 0.1) is 11.3 Å². The summed E-state index contributed by atoms with van der Waals surface area (Å²) in [4.78, 5) is 67.2. The predicted octanol–water partition coefficient (Wildman–Crippen LogP) is 1.96. The average Bonchev–Trinajstić information content (AvgIpc) is 3.31. The number of likely N-dealkylation sites (tertiary alicyclic amines) is 1. The lowest BCUT2D eigenvalue weighted by molar-refractivity contribution is -0.143. The van der Waals surface area contributed by atoms with Crippen LogP contribution in [0.4, 0.5) is 4.79 Å². The summed E-state index contributed by atoms with van der Waals surface area (Å²) in [5.74, 6) is -1.32. The molecule has 0 aromatic rings. The molecule has 1 aliphatic heterocycles. The second kappa shape index (κ2) is 16.0. The van der Waals surface area contributed by atoms with Gasteiger partial charge in [-0.1, -0.05) is 59.8 Å². The molecule has 1 saturated carbocycles. The molecular formula is C29H51N5O6. The van der Waals surface area contributed by atoms with Gasteiger partial charge in [-0.05, 0) is 50.5 Å². The molecule has 11 nitrogen and oxygen atoms in total. The minimum Gasteiger partial charge on any atom is -0.381 e. The smallest absolute Gasteiger partial charge is 0.315 e. The third kappa shape index (κ3) is 9.26. The molecule has 0 aromatic carbocycles. The molecule has 1 aliphatic carbocycles. The van der Waals surface area contributed by atoms with Gasteiger partial charge in [0, 0.05) is 19.1 Å². The molecule has 4 unspecified atom stereocenters. The highest BCUT2D eigenvalue weighted by Crippen LogP contribution is 2.39. The molecule has 40 heavy (non-hydrogen) atoms. The molecule has 2 fully saturated rings. The van der Waals surface area contributed by atoms with Crippen LogP contribution >= 0.6 is 0 Å². The van der Waals surface area contributed by atoms with Crippen LogP contribution in [0.2, 0.25) is 0 Å². The minimum atomic E-state index is -0.906. The average molecular weight is 566 g/mol. The first-order valence-electron chi connectivity index (χ1n) is 14.9. The Bertz CT molecular complexity index is 873. The van der Waals surface area contributed by atoms with Crippen LogP contribution < -0.4 is 16.0 Å². The number of aliphatic hydroxyl groups excluding tert-OH is 1. The van der Waals surface area contributed by atoms with E-state index in [9.17, 15) is 29.1 Å². The fourth-order valence-corrected chi connectivity index (χ4v) is 5.91. The van der Waals surface area contributed by atoms with Crippen LogP contribution in [0.15, 0.2) is 0 Å². The van der Waals surface area contributed by atoms with Gasteiger partial charge in [-0.15, -0.1) is 0 Å². The SMILES string of the molecule is CCCC(NC(=O)C1CCCN1C(=O)C(NC(=O)NC(CN(C)CO)C(C)C)C1(C)CCCCCC1)C(=O)C=O. The number of aldehydes is 1. The summed E-state index contributed by atoms with van der Waals surface area (Å²) in [7, 11) is 1.76. The van der Waals surface area contributed by atoms with Crippen LogP contribution in [0.3, 0.4) is 0 Å². The van der Waals surface area contributed by atoms with Crippen LogP contribution in [-0.4, -0.2) is 95.9 Å². The number of carbonyl (C=O) groups is 5. The van der Waals surface area contributed by atoms with E-state index in [1.807, 2.05) is 27.7 Å². The number of urea groups is 1. The van der Waals surface area contributed by atoms with Crippen molar-refractivity contribution >= 4 is 29.9 Å². The molecule has 0 spiro atoms. The van der Waals surface area contributed by atoms with Crippen molar-refractivity contribution in [1.82, 2.24) is 25.8 Å². The van der Waals surface area contributed by atoms with Gasteiger partial charge in [0.2, 0.25) is 17.6 Å². The lowest BCUT2D eigenvalue weighted by atomic mass is 9.75. The Morgan fingerprint density at radius 3 is 2.25 bits per heavy atom. The Morgan fingerprint density at radius 2 is 1.70 bits per heavy atom. The van der Waals surface area contributed by atoms with Crippen LogP contribution in [0.25, 0.3) is 0 Å². The Morgan fingerprint density at radius 1 is 1.05 bits per heavy atom. The number of carbonyl (C=O) groups excluding carboxylic acids is 5. The fourth-order valence-electron chi connectivity index (χ4n) is 5.91. The highest BCUT2D eigenvalue weighted by molar-refractivity contribution is 6.28. The van der Waals surface area contributed by atoms with Gasteiger partial charge in [-0.3, -0.25) is 24.1 Å². The van der Waals surface area contributed by atoms with Crippen LogP contribution in [0.5, 0.6) is 0 Å². The van der Waals surface area contributed by atoms with Gasteiger partial charge in [0.05, 0.1) is 12.8 Å². The van der Waals surface area contributed by atoms with E-state index in [4.69, 9.17) is 0 Å². The number of nitrogens with zero attached hydrogens (tertiary/aromatic N) is 2. The van der Waals surface area contributed by atoms with E-state index < -0.39 is 41.3 Å². The Labute approximate surface area is 239 Å². The zero-order chi connectivity index (χ0) is 29.9. The lowest BCUT2D eigenvalue weighted by Crippen LogP contribution is -2.62. The van der Waals surface area contributed by atoms with Crippen LogP contribution in [-0.2, 0) is 19.2 Å². The van der Waals surface area contributed by atoms with E-state index >= 15 is 0 Å². The minimum absolute atomic E-state index is 0.0965. The van der Waals surface area contributed by atoms with Crippen molar-refractivity contribution in [3.8, 4) is 0 Å². The molecule has 1 saturated heterocycles. The Balaban J connectivity index is 2.28. The van der Waals surface area contributed by atoms with Gasteiger partial charge in [-0.25, -0.2) is 4.79 Å². The van der Waals surface area contributed by atoms with E-state index in [1.54, 1.807) is 16.8 Å². The quantitative estimate of drug-likeness (QED) is 0.109. The number of hydrogen-bond donors (Lipinski definition) is 4. The summed E-state index contributed by atoms with van der Waals surface area (Å²) in [6.07, 6.45) is 7.87. The molecule has 2 rings (SSSR count). The van der Waals surface area contributed by atoms with Gasteiger partial charge < -0.3 is 26.0 Å². The molecule has 2 aliphatic rings. The van der Waals surface area contributed by atoms with E-state index in [0.717, 1.165) is 38.5 Å². The fraction of sp³-hybridized carbons (Fsp3) is 0.828. The molecular weight excluding hydrogens is 514 g/mol. The van der Waals surface area contributed by atoms with Crippen LogP contribution in [0.1, 0.15) is 91.9 Å². The van der Waals surface area contributed by atoms with Gasteiger partial charge in [0.15, 0.2) is 6.29 Å². The number of rotatable bonds is 14. The van der Waals surface area contributed by atoms with Crippen molar-refractivity contribution < 1.29 is 29.1 Å². The summed E-state index contributed by atoms with van der Waals surface area (Å²) in [6.45, 7) is 8.57. The third-order valence-electron chi connectivity index (χ3n) is 8.53. The largest absolute Gasteiger partial charge is 0.381 e. The first-order chi connectivity index (χ1) is 19.0. The molecule has 11 heteroatoms. The molecule has 228 valence electrons. The van der Waals surface area contributed by atoms with E-state index in [0.29, 0.717) is 38.8 Å². The van der Waals surface area contributed by atoms with Crippen molar-refractivity contribution in [3.05, 3.63) is 0 Å². The molecule has 1 heterocycles. The Kier molecular flexibility index (Phi) is 13.5. The Hall–Kier alpha value is -2.53. The molecule has 4 N–H and O–H groups in total. The van der Waals surface area contributed by atoms with Gasteiger partial charge >= 0.3 is 6.03 Å². The highest BCUT2D eigenvalue weighted by atomic mass is 16.3. The molecule has 4 atom stereocenters. The van der Waals surface area contributed by atoms with E-state index in [2.05, 4.69) is 16.0 Å². The summed E-state index contributed by atoms with van der Waals surface area (Å²) in [5, 5.41) is 18.1. The standard InChI is InChI=1S/C29H51N5O6/c1-6-12-21(24(37)18-35)30-26(38)23-13-11-16-34(23)27(39)25(29(4)14-9-7-8-10-15-29)32-28(40)31-22(20(2)3)17-33(5)19-36/h18,20-23,25,36H,6-17,19H2,1-5H3,(H,30,38)(H2,31,32,40). The summed E-state index contributed by atoms with van der Waals surface area (Å²) >= 11 is 0. The molecule has 4 amide bonds. The number of ketones is 1. The number of likely N-dealkylation sites (N-methyl/N-ethyl adjacent to an activating group) is 1. The van der Waals surface area contributed by atoms with Crippen molar-refractivity contribution in [1.29, 1.82) is 0 Å². The van der Waals surface area contributed by atoms with Gasteiger partial charge in [-0.2, -0.15) is 0 Å². The first-order valence-corrected chi connectivity index (χ1v) is 14.9. The maximum absolute atomic E-state index is 14.2. The number of hydrogen-bond acceptors (Lipinski definition) is 7. The summed E-state index contributed by atoms with van der Waals surface area (Å²) < 4.78 is 0. The van der Waals surface area contributed by atoms with Gasteiger partial charge in [0.1, 0.15) is 12.1 Å². The van der Waals surface area contributed by atoms with Crippen molar-refractivity contribution in [3.63, 3.8) is 0 Å². The van der Waals surface area contributed by atoms with Crippen molar-refractivity contribution in [2.24, 2.45) is 11.3 Å². The third-order valence-corrected chi connectivity index (χ3v) is 8.53. The second-order valence-electron chi connectivity index (χ2n) is 12.2. The highest BCUT2D eigenvalue weighted by Gasteiger charge is 2.46. The zero-order valence-corrected chi connectivity index (χ0v) is 25.0. The number of aliphatic hydroxyl groups is 1. The monoisotopic (exact) mass is 565 g/mol. The molecule has 0 aromatic heterocycles. The summed E-state index contributed by atoms with van der Waals surface area (Å²) in [6, 6.07) is -3.20. The first kappa shape index (κ1) is 33.7. The number of nitrogens with one attached hydrogen (secondary N) is 3. The normalized spacial score (nSPS) is 21.3. The van der Waals surface area contributed by atoms with E-state index in [1.165, 1.54) is 0 Å². The summed E-state index contributed by atoms with van der Waals surface area (Å²) in [5.41, 5.74) is -0.484. The predicted molar refractivity (Wildman–Crippen MR) is 152 cm³/mol. The topological polar surface area (TPSA) is 148 Å². The van der Waals surface area contributed by atoms with Crippen molar-refractivity contribution in [2.75, 3.05) is 26.9 Å². The van der Waals surface area contributed by atoms with E-state index in [-0.39, 0.29) is 30.9 Å². The number of amides is 4.